The lowest BCUT2D eigenvalue weighted by Gasteiger charge is -2.40. The fourth-order valence-corrected chi connectivity index (χ4v) is 7.26. The molecule has 1 fully saturated rings. The molecular weight excluding hydrogens is 620 g/mol. The van der Waals surface area contributed by atoms with Gasteiger partial charge in [0.15, 0.2) is 0 Å². The summed E-state index contributed by atoms with van der Waals surface area (Å²) in [5.74, 6) is -1.16. The average Bonchev–Trinajstić information content (AvgIpc) is 3.38. The molecule has 0 bridgehead atoms. The van der Waals surface area contributed by atoms with Crippen LogP contribution in [0.1, 0.15) is 61.7 Å². The molecule has 11 heteroatoms. The molecule has 0 radical (unpaired) electrons. The van der Waals surface area contributed by atoms with Crippen LogP contribution in [-0.2, 0) is 11.3 Å². The van der Waals surface area contributed by atoms with Gasteiger partial charge in [-0.15, -0.1) is 11.3 Å². The van der Waals surface area contributed by atoms with Crippen LogP contribution in [-0.4, -0.2) is 58.6 Å². The molecule has 1 aliphatic rings. The van der Waals surface area contributed by atoms with Crippen molar-refractivity contribution in [2.24, 2.45) is 0 Å². The van der Waals surface area contributed by atoms with Crippen LogP contribution in [0.15, 0.2) is 54.7 Å². The summed E-state index contributed by atoms with van der Waals surface area (Å²) in [6.45, 7) is 5.64. The third-order valence-electron chi connectivity index (χ3n) is 8.05. The Labute approximate surface area is 270 Å². The highest BCUT2D eigenvalue weighted by Gasteiger charge is 2.35. The number of nitrogens with zero attached hydrogens (tertiary/aromatic N) is 3. The molecule has 0 saturated heterocycles. The zero-order valence-electron chi connectivity index (χ0n) is 25.9. The van der Waals surface area contributed by atoms with Crippen molar-refractivity contribution in [1.29, 1.82) is 0 Å². The van der Waals surface area contributed by atoms with E-state index in [0.717, 1.165) is 40.3 Å². The van der Waals surface area contributed by atoms with Gasteiger partial charge in [0.2, 0.25) is 0 Å². The van der Waals surface area contributed by atoms with Gasteiger partial charge in [-0.3, -0.25) is 9.78 Å². The maximum absolute atomic E-state index is 14.8. The van der Waals surface area contributed by atoms with Crippen LogP contribution < -0.4 is 4.74 Å². The Morgan fingerprint density at radius 2 is 1.71 bits per heavy atom. The van der Waals surface area contributed by atoms with Crippen LogP contribution >= 0.6 is 22.9 Å². The first-order valence-electron chi connectivity index (χ1n) is 14.8. The van der Waals surface area contributed by atoms with Gasteiger partial charge in [-0.1, -0.05) is 17.7 Å². The van der Waals surface area contributed by atoms with E-state index in [1.165, 1.54) is 0 Å². The summed E-state index contributed by atoms with van der Waals surface area (Å²) in [5, 5.41) is -0.197. The Morgan fingerprint density at radius 3 is 2.33 bits per heavy atom. The maximum Gasteiger partial charge on any atom is 0.410 e. The first-order valence-corrected chi connectivity index (χ1v) is 16.0. The highest BCUT2D eigenvalue weighted by Crippen LogP contribution is 2.41. The molecule has 2 amide bonds. The molecule has 238 valence electrons. The zero-order valence-corrected chi connectivity index (χ0v) is 27.5. The van der Waals surface area contributed by atoms with Crippen molar-refractivity contribution >= 4 is 45.0 Å². The predicted molar refractivity (Wildman–Crippen MR) is 173 cm³/mol. The van der Waals surface area contributed by atoms with Gasteiger partial charge in [0.25, 0.3) is 5.91 Å². The van der Waals surface area contributed by atoms with E-state index in [1.54, 1.807) is 30.2 Å². The van der Waals surface area contributed by atoms with Gasteiger partial charge in [0.1, 0.15) is 27.9 Å². The van der Waals surface area contributed by atoms with Crippen molar-refractivity contribution in [1.82, 2.24) is 14.8 Å². The molecule has 2 aromatic carbocycles. The summed E-state index contributed by atoms with van der Waals surface area (Å²) >= 11 is 7.45. The highest BCUT2D eigenvalue weighted by molar-refractivity contribution is 7.21. The minimum absolute atomic E-state index is 0.000670. The number of amides is 2. The number of rotatable bonds is 7. The van der Waals surface area contributed by atoms with Crippen LogP contribution in [0.25, 0.3) is 21.3 Å². The van der Waals surface area contributed by atoms with Crippen LogP contribution in [0.4, 0.5) is 13.6 Å². The minimum atomic E-state index is -0.686. The van der Waals surface area contributed by atoms with E-state index in [9.17, 15) is 18.4 Å². The van der Waals surface area contributed by atoms with E-state index in [-0.39, 0.29) is 38.6 Å². The molecule has 0 atom stereocenters. The number of thiophene rings is 1. The number of pyridine rings is 1. The van der Waals surface area contributed by atoms with Gasteiger partial charge in [-0.25, -0.2) is 13.6 Å². The van der Waals surface area contributed by atoms with E-state index < -0.39 is 29.2 Å². The molecule has 2 heterocycles. The monoisotopic (exact) mass is 655 g/mol. The lowest BCUT2D eigenvalue weighted by molar-refractivity contribution is 0.0144. The minimum Gasteiger partial charge on any atom is -0.496 e. The van der Waals surface area contributed by atoms with Gasteiger partial charge in [-0.2, -0.15) is 0 Å². The van der Waals surface area contributed by atoms with Gasteiger partial charge in [0, 0.05) is 43.0 Å². The third kappa shape index (κ3) is 7.07. The van der Waals surface area contributed by atoms with Gasteiger partial charge in [0.05, 0.1) is 27.9 Å². The molecule has 4 aromatic rings. The third-order valence-corrected chi connectivity index (χ3v) is 9.73. The lowest BCUT2D eigenvalue weighted by atomic mass is 9.89. The lowest BCUT2D eigenvalue weighted by Crippen LogP contribution is -2.47. The van der Waals surface area contributed by atoms with Crippen molar-refractivity contribution in [2.45, 2.75) is 70.7 Å². The summed E-state index contributed by atoms with van der Waals surface area (Å²) in [7, 11) is 3.30. The number of halogens is 3. The molecule has 1 saturated carbocycles. The largest absolute Gasteiger partial charge is 0.496 e. The van der Waals surface area contributed by atoms with Crippen LogP contribution in [0.2, 0.25) is 5.02 Å². The molecule has 0 N–H and O–H groups in total. The van der Waals surface area contributed by atoms with Gasteiger partial charge < -0.3 is 19.3 Å². The first-order chi connectivity index (χ1) is 21.4. The second-order valence-electron chi connectivity index (χ2n) is 12.2. The average molecular weight is 656 g/mol. The van der Waals surface area contributed by atoms with Gasteiger partial charge >= 0.3 is 6.09 Å². The Morgan fingerprint density at radius 1 is 1.02 bits per heavy atom. The van der Waals surface area contributed by atoms with Crippen LogP contribution in [0.3, 0.4) is 0 Å². The Bertz CT molecular complexity index is 1700. The number of carbonyl (C=O) groups is 2. The highest BCUT2D eigenvalue weighted by atomic mass is 35.5. The van der Waals surface area contributed by atoms with Gasteiger partial charge in [-0.05, 0) is 88.9 Å². The van der Waals surface area contributed by atoms with Crippen molar-refractivity contribution in [3.63, 3.8) is 0 Å². The smallest absolute Gasteiger partial charge is 0.410 e. The SMILES string of the molecule is COc1ccc(-c2ccccn2)cc1CN(C(=O)c1sc2c(F)ccc(F)c2c1Cl)C1CCC(N(C)C(=O)OC(C)(C)C)CC1. The maximum atomic E-state index is 14.8. The predicted octanol–water partition coefficient (Wildman–Crippen LogP) is 8.72. The molecule has 2 aromatic heterocycles. The number of benzene rings is 2. The molecule has 7 nitrogen and oxygen atoms in total. The van der Waals surface area contributed by atoms with Crippen molar-refractivity contribution in [2.75, 3.05) is 14.2 Å². The molecule has 0 unspecified atom stereocenters. The van der Waals surface area contributed by atoms with E-state index in [2.05, 4.69) is 4.98 Å². The summed E-state index contributed by atoms with van der Waals surface area (Å²) in [5.41, 5.74) is 1.75. The number of fused-ring (bicyclic) bond motifs is 1. The van der Waals surface area contributed by atoms with Crippen molar-refractivity contribution in [3.8, 4) is 17.0 Å². The first kappa shape index (κ1) is 32.6. The molecule has 5 rings (SSSR count). The summed E-state index contributed by atoms with van der Waals surface area (Å²) in [6.07, 6.45) is 3.78. The van der Waals surface area contributed by atoms with E-state index in [4.69, 9.17) is 21.1 Å². The topological polar surface area (TPSA) is 72.0 Å². The zero-order chi connectivity index (χ0) is 32.5. The number of hydrogen-bond donors (Lipinski definition) is 0. The Balaban J connectivity index is 1.49. The summed E-state index contributed by atoms with van der Waals surface area (Å²) in [6, 6.07) is 13.1. The fourth-order valence-electron chi connectivity index (χ4n) is 5.75. The molecule has 0 spiro atoms. The summed E-state index contributed by atoms with van der Waals surface area (Å²) in [4.78, 5) is 35.0. The second-order valence-corrected chi connectivity index (χ2v) is 13.6. The number of ether oxygens (including phenoxy) is 2. The molecule has 0 aliphatic heterocycles. The van der Waals surface area contributed by atoms with Crippen molar-refractivity contribution < 1.29 is 27.8 Å². The fraction of sp³-hybridized carbons (Fsp3) is 0.382. The van der Waals surface area contributed by atoms with E-state index in [0.29, 0.717) is 31.4 Å². The summed E-state index contributed by atoms with van der Waals surface area (Å²) < 4.78 is 40.7. The van der Waals surface area contributed by atoms with Crippen LogP contribution in [0.5, 0.6) is 5.75 Å². The molecule has 1 aliphatic carbocycles. The Kier molecular flexibility index (Phi) is 9.65. The van der Waals surface area contributed by atoms with Crippen LogP contribution in [0, 0.1) is 11.6 Å². The standard InChI is InChI=1S/C34H36ClF2N3O4S/c1-34(2,3)44-33(42)39(4)22-10-12-23(13-11-22)40(32(41)31-29(35)28-24(36)14-15-25(37)30(28)45-31)19-21-18-20(9-16-27(21)43-5)26-8-6-7-17-38-26/h6-9,14-18,22-23H,10-13,19H2,1-5H3. The number of methoxy groups -OCH3 is 1. The number of aromatic nitrogens is 1. The Hall–Kier alpha value is -3.76. The second kappa shape index (κ2) is 13.3. The number of carbonyl (C=O) groups excluding carboxylic acids is 2. The quantitative estimate of drug-likeness (QED) is 0.199. The number of hydrogen-bond acceptors (Lipinski definition) is 6. The molecular formula is C34H36ClF2N3O4S. The van der Waals surface area contributed by atoms with E-state index >= 15 is 0 Å². The molecule has 45 heavy (non-hydrogen) atoms. The van der Waals surface area contributed by atoms with Crippen molar-refractivity contribution in [3.05, 3.63) is 81.8 Å². The van der Waals surface area contributed by atoms with E-state index in [1.807, 2.05) is 57.2 Å². The normalized spacial score (nSPS) is 16.8.